The lowest BCUT2D eigenvalue weighted by atomic mass is 10.1. The van der Waals surface area contributed by atoms with Gasteiger partial charge in [0.05, 0.1) is 0 Å². The number of nitrogens with one attached hydrogen (secondary N) is 1. The van der Waals surface area contributed by atoms with Gasteiger partial charge >= 0.3 is 0 Å². The highest BCUT2D eigenvalue weighted by Gasteiger charge is 2.10. The quantitative estimate of drug-likeness (QED) is 0.850. The zero-order valence-electron chi connectivity index (χ0n) is 11.5. The summed E-state index contributed by atoms with van der Waals surface area (Å²) < 4.78 is 26.6. The molecule has 1 nitrogen and oxygen atoms in total. The normalized spacial score (nSPS) is 12.9. The zero-order valence-corrected chi connectivity index (χ0v) is 11.5. The SMILES string of the molecule is CCC(=Cc1cccc(F)c1F)CNC(C)(C)C. The van der Waals surface area contributed by atoms with Gasteiger partial charge in [0.15, 0.2) is 11.6 Å². The summed E-state index contributed by atoms with van der Waals surface area (Å²) in [5.74, 6) is -1.58. The van der Waals surface area contributed by atoms with Crippen LogP contribution in [-0.4, -0.2) is 12.1 Å². The van der Waals surface area contributed by atoms with Crippen LogP contribution < -0.4 is 5.32 Å². The summed E-state index contributed by atoms with van der Waals surface area (Å²) in [6.07, 6.45) is 2.52. The molecule has 18 heavy (non-hydrogen) atoms. The second-order valence-corrected chi connectivity index (χ2v) is 5.40. The van der Waals surface area contributed by atoms with Crippen LogP contribution in [0.5, 0.6) is 0 Å². The van der Waals surface area contributed by atoms with Gasteiger partial charge in [0, 0.05) is 17.6 Å². The largest absolute Gasteiger partial charge is 0.308 e. The highest BCUT2D eigenvalue weighted by atomic mass is 19.2. The smallest absolute Gasteiger partial charge is 0.166 e. The maximum Gasteiger partial charge on any atom is 0.166 e. The molecular weight excluding hydrogens is 232 g/mol. The van der Waals surface area contributed by atoms with Crippen molar-refractivity contribution in [2.24, 2.45) is 0 Å². The summed E-state index contributed by atoms with van der Waals surface area (Å²) in [4.78, 5) is 0. The van der Waals surface area contributed by atoms with Crippen LogP contribution in [0.4, 0.5) is 8.78 Å². The van der Waals surface area contributed by atoms with Crippen LogP contribution in [0.15, 0.2) is 23.8 Å². The average Bonchev–Trinajstić information content (AvgIpc) is 2.28. The minimum atomic E-state index is -0.803. The van der Waals surface area contributed by atoms with Crippen LogP contribution in [0.2, 0.25) is 0 Å². The average molecular weight is 253 g/mol. The molecule has 0 aliphatic rings. The Morgan fingerprint density at radius 2 is 1.94 bits per heavy atom. The molecule has 1 aromatic carbocycles. The first-order valence-electron chi connectivity index (χ1n) is 6.22. The van der Waals surface area contributed by atoms with Gasteiger partial charge in [-0.05, 0) is 33.3 Å². The third kappa shape index (κ3) is 4.57. The molecular formula is C15H21F2N. The van der Waals surface area contributed by atoms with E-state index in [0.29, 0.717) is 12.1 Å². The van der Waals surface area contributed by atoms with Gasteiger partial charge in [-0.2, -0.15) is 0 Å². The lowest BCUT2D eigenvalue weighted by Gasteiger charge is -2.21. The molecule has 1 aromatic rings. The number of benzene rings is 1. The zero-order chi connectivity index (χ0) is 13.8. The number of hydrogen-bond acceptors (Lipinski definition) is 1. The molecule has 3 heteroatoms. The number of rotatable bonds is 4. The minimum Gasteiger partial charge on any atom is -0.308 e. The van der Waals surface area contributed by atoms with Crippen LogP contribution >= 0.6 is 0 Å². The van der Waals surface area contributed by atoms with Crippen molar-refractivity contribution in [3.63, 3.8) is 0 Å². The Bertz CT molecular complexity index is 431. The molecule has 0 aliphatic carbocycles. The van der Waals surface area contributed by atoms with Gasteiger partial charge in [0.1, 0.15) is 0 Å². The van der Waals surface area contributed by atoms with Gasteiger partial charge in [-0.1, -0.05) is 30.7 Å². The second kappa shape index (κ2) is 6.10. The summed E-state index contributed by atoms with van der Waals surface area (Å²) >= 11 is 0. The summed E-state index contributed by atoms with van der Waals surface area (Å²) in [6, 6.07) is 4.24. The van der Waals surface area contributed by atoms with Gasteiger partial charge in [0.25, 0.3) is 0 Å². The number of halogens is 2. The summed E-state index contributed by atoms with van der Waals surface area (Å²) in [7, 11) is 0. The third-order valence-electron chi connectivity index (χ3n) is 2.64. The maximum absolute atomic E-state index is 13.5. The van der Waals surface area contributed by atoms with E-state index < -0.39 is 11.6 Å². The lowest BCUT2D eigenvalue weighted by molar-refractivity contribution is 0.443. The van der Waals surface area contributed by atoms with Gasteiger partial charge in [0.2, 0.25) is 0 Å². The molecule has 1 N–H and O–H groups in total. The van der Waals surface area contributed by atoms with Gasteiger partial charge < -0.3 is 5.32 Å². The van der Waals surface area contributed by atoms with Crippen molar-refractivity contribution in [3.05, 3.63) is 41.0 Å². The Morgan fingerprint density at radius 3 is 2.50 bits per heavy atom. The molecule has 0 unspecified atom stereocenters. The van der Waals surface area contributed by atoms with Crippen LogP contribution in [0.1, 0.15) is 39.7 Å². The Hall–Kier alpha value is -1.22. The molecule has 100 valence electrons. The standard InChI is InChI=1S/C15H21F2N/c1-5-11(10-18-15(2,3)4)9-12-7-6-8-13(16)14(12)17/h6-9,18H,5,10H2,1-4H3. The van der Waals surface area contributed by atoms with E-state index in [4.69, 9.17) is 0 Å². The van der Waals surface area contributed by atoms with E-state index in [1.165, 1.54) is 6.07 Å². The van der Waals surface area contributed by atoms with Crippen molar-refractivity contribution in [2.45, 2.75) is 39.7 Å². The first-order chi connectivity index (χ1) is 8.33. The van der Waals surface area contributed by atoms with E-state index in [1.807, 2.05) is 6.92 Å². The summed E-state index contributed by atoms with van der Waals surface area (Å²) in [5, 5.41) is 3.34. The molecule has 0 saturated carbocycles. The number of hydrogen-bond donors (Lipinski definition) is 1. The Kier molecular flexibility index (Phi) is 5.03. The van der Waals surface area contributed by atoms with Gasteiger partial charge in [-0.25, -0.2) is 8.78 Å². The van der Waals surface area contributed by atoms with Crippen molar-refractivity contribution < 1.29 is 8.78 Å². The molecule has 0 amide bonds. The first-order valence-corrected chi connectivity index (χ1v) is 6.22. The molecule has 0 bridgehead atoms. The Morgan fingerprint density at radius 1 is 1.28 bits per heavy atom. The third-order valence-corrected chi connectivity index (χ3v) is 2.64. The van der Waals surface area contributed by atoms with E-state index in [2.05, 4.69) is 26.1 Å². The van der Waals surface area contributed by atoms with Crippen LogP contribution in [-0.2, 0) is 0 Å². The minimum absolute atomic E-state index is 0.00867. The molecule has 0 aromatic heterocycles. The molecule has 0 fully saturated rings. The molecule has 0 atom stereocenters. The van der Waals surface area contributed by atoms with Crippen molar-refractivity contribution in [3.8, 4) is 0 Å². The summed E-state index contributed by atoms with van der Waals surface area (Å²) in [6.45, 7) is 8.90. The molecule has 0 spiro atoms. The molecule has 0 aliphatic heterocycles. The molecule has 0 heterocycles. The fourth-order valence-corrected chi connectivity index (χ4v) is 1.51. The Balaban J connectivity index is 2.87. The molecule has 0 radical (unpaired) electrons. The monoisotopic (exact) mass is 253 g/mol. The van der Waals surface area contributed by atoms with Crippen LogP contribution in [0.3, 0.4) is 0 Å². The highest BCUT2D eigenvalue weighted by Crippen LogP contribution is 2.16. The fraction of sp³-hybridized carbons (Fsp3) is 0.467. The van der Waals surface area contributed by atoms with E-state index in [0.717, 1.165) is 18.1 Å². The predicted octanol–water partition coefficient (Wildman–Crippen LogP) is 4.15. The van der Waals surface area contributed by atoms with E-state index in [1.54, 1.807) is 12.1 Å². The van der Waals surface area contributed by atoms with Crippen LogP contribution in [0, 0.1) is 11.6 Å². The van der Waals surface area contributed by atoms with Gasteiger partial charge in [-0.3, -0.25) is 0 Å². The lowest BCUT2D eigenvalue weighted by Crippen LogP contribution is -2.36. The molecule has 1 rings (SSSR count). The van der Waals surface area contributed by atoms with E-state index >= 15 is 0 Å². The first kappa shape index (κ1) is 14.8. The van der Waals surface area contributed by atoms with Crippen LogP contribution in [0.25, 0.3) is 6.08 Å². The second-order valence-electron chi connectivity index (χ2n) is 5.40. The Labute approximate surface area is 108 Å². The van der Waals surface area contributed by atoms with Crippen molar-refractivity contribution >= 4 is 6.08 Å². The van der Waals surface area contributed by atoms with E-state index in [-0.39, 0.29) is 5.54 Å². The van der Waals surface area contributed by atoms with Crippen molar-refractivity contribution in [1.29, 1.82) is 0 Å². The fourth-order valence-electron chi connectivity index (χ4n) is 1.51. The highest BCUT2D eigenvalue weighted by molar-refractivity contribution is 5.54. The summed E-state index contributed by atoms with van der Waals surface area (Å²) in [5.41, 5.74) is 1.37. The predicted molar refractivity (Wildman–Crippen MR) is 72.4 cm³/mol. The van der Waals surface area contributed by atoms with E-state index in [9.17, 15) is 8.78 Å². The van der Waals surface area contributed by atoms with Crippen molar-refractivity contribution in [1.82, 2.24) is 5.32 Å². The molecule has 0 saturated heterocycles. The van der Waals surface area contributed by atoms with Gasteiger partial charge in [-0.15, -0.1) is 0 Å². The van der Waals surface area contributed by atoms with Crippen molar-refractivity contribution in [2.75, 3.05) is 6.54 Å². The maximum atomic E-state index is 13.5. The topological polar surface area (TPSA) is 12.0 Å².